The molecule has 0 unspecified atom stereocenters. The van der Waals surface area contributed by atoms with Gasteiger partial charge in [0.25, 0.3) is 5.91 Å². The average Bonchev–Trinajstić information content (AvgIpc) is 3.66. The third-order valence-electron chi connectivity index (χ3n) is 9.35. The maximum absolute atomic E-state index is 13.7. The Morgan fingerprint density at radius 3 is 2.24 bits per heavy atom. The summed E-state index contributed by atoms with van der Waals surface area (Å²) in [5.41, 5.74) is 4.20. The lowest BCUT2D eigenvalue weighted by molar-refractivity contribution is -0.127. The zero-order valence-electron chi connectivity index (χ0n) is 24.3. The molecule has 3 aliphatic heterocycles. The van der Waals surface area contributed by atoms with Gasteiger partial charge < -0.3 is 19.4 Å². The van der Waals surface area contributed by atoms with Gasteiger partial charge in [0.1, 0.15) is 5.75 Å². The van der Waals surface area contributed by atoms with Gasteiger partial charge in [-0.1, -0.05) is 0 Å². The number of carbonyl (C=O) groups excluding carboxylic acids is 2. The Labute approximate surface area is 242 Å². The van der Waals surface area contributed by atoms with Crippen LogP contribution < -0.4 is 14.5 Å². The zero-order valence-corrected chi connectivity index (χ0v) is 24.3. The largest absolute Gasteiger partial charge is 0.496 e. The van der Waals surface area contributed by atoms with Crippen LogP contribution in [0.2, 0.25) is 0 Å². The van der Waals surface area contributed by atoms with Gasteiger partial charge >= 0.3 is 0 Å². The van der Waals surface area contributed by atoms with E-state index in [4.69, 9.17) is 4.74 Å². The van der Waals surface area contributed by atoms with Crippen molar-refractivity contribution in [3.63, 3.8) is 0 Å². The van der Waals surface area contributed by atoms with Crippen LogP contribution >= 0.6 is 0 Å². The molecule has 3 saturated heterocycles. The first-order valence-corrected chi connectivity index (χ1v) is 14.8. The molecule has 41 heavy (non-hydrogen) atoms. The number of hydrogen-bond donors (Lipinski definition) is 1. The predicted octanol–water partition coefficient (Wildman–Crippen LogP) is 4.28. The van der Waals surface area contributed by atoms with Gasteiger partial charge in [-0.25, -0.2) is 0 Å². The van der Waals surface area contributed by atoms with Gasteiger partial charge in [0.2, 0.25) is 5.91 Å². The van der Waals surface area contributed by atoms with E-state index in [1.807, 2.05) is 46.3 Å². The van der Waals surface area contributed by atoms with E-state index in [0.717, 1.165) is 55.0 Å². The predicted molar refractivity (Wildman–Crippen MR) is 160 cm³/mol. The number of amides is 2. The molecule has 0 aliphatic carbocycles. The number of likely N-dealkylation sites (tertiary alicyclic amines) is 1. The number of benzene rings is 2. The summed E-state index contributed by atoms with van der Waals surface area (Å²) in [6, 6.07) is 14.5. The van der Waals surface area contributed by atoms with Crippen molar-refractivity contribution in [2.75, 3.05) is 62.7 Å². The molecule has 1 aromatic heterocycles. The summed E-state index contributed by atoms with van der Waals surface area (Å²) in [6.07, 6.45) is 5.77. The summed E-state index contributed by atoms with van der Waals surface area (Å²) in [5, 5.41) is 6.87. The number of aromatic amines is 1. The molecule has 6 rings (SSSR count). The van der Waals surface area contributed by atoms with Crippen LogP contribution in [0.5, 0.6) is 5.75 Å². The highest BCUT2D eigenvalue weighted by atomic mass is 16.5. The van der Waals surface area contributed by atoms with Crippen molar-refractivity contribution < 1.29 is 14.3 Å². The fraction of sp³-hybridized carbons (Fsp3) is 0.469. The maximum Gasteiger partial charge on any atom is 0.253 e. The number of rotatable bonds is 6. The number of aromatic nitrogens is 2. The highest BCUT2D eigenvalue weighted by molar-refractivity contribution is 6.01. The lowest BCUT2D eigenvalue weighted by Gasteiger charge is -2.38. The summed E-state index contributed by atoms with van der Waals surface area (Å²) in [7, 11) is 1.64. The minimum Gasteiger partial charge on any atom is -0.496 e. The fourth-order valence-electron chi connectivity index (χ4n) is 6.65. The lowest BCUT2D eigenvalue weighted by atomic mass is 9.77. The fourth-order valence-corrected chi connectivity index (χ4v) is 6.65. The van der Waals surface area contributed by atoms with E-state index < -0.39 is 5.41 Å². The molecule has 3 aliphatic rings. The molecule has 0 atom stereocenters. The Kier molecular flexibility index (Phi) is 7.46. The van der Waals surface area contributed by atoms with E-state index in [2.05, 4.69) is 46.0 Å². The first-order chi connectivity index (χ1) is 19.9. The van der Waals surface area contributed by atoms with Gasteiger partial charge in [-0.2, -0.15) is 5.10 Å². The van der Waals surface area contributed by atoms with E-state index in [1.165, 1.54) is 5.69 Å². The second kappa shape index (κ2) is 11.2. The van der Waals surface area contributed by atoms with E-state index in [9.17, 15) is 9.59 Å². The monoisotopic (exact) mass is 556 g/mol. The second-order valence-electron chi connectivity index (χ2n) is 11.8. The third-order valence-corrected chi connectivity index (χ3v) is 9.35. The molecular formula is C32H40N6O3. The molecule has 0 bridgehead atoms. The van der Waals surface area contributed by atoms with E-state index in [-0.39, 0.29) is 11.8 Å². The van der Waals surface area contributed by atoms with Crippen molar-refractivity contribution in [3.8, 4) is 16.9 Å². The van der Waals surface area contributed by atoms with Crippen molar-refractivity contribution in [1.29, 1.82) is 0 Å². The molecule has 0 saturated carbocycles. The summed E-state index contributed by atoms with van der Waals surface area (Å²) in [6.45, 7) is 10.5. The quantitative estimate of drug-likeness (QED) is 0.488. The Hall–Kier alpha value is -3.85. The molecule has 3 aromatic rings. The molecule has 3 fully saturated rings. The van der Waals surface area contributed by atoms with Crippen LogP contribution in [-0.4, -0.2) is 90.8 Å². The average molecular weight is 557 g/mol. The Morgan fingerprint density at radius 1 is 0.927 bits per heavy atom. The van der Waals surface area contributed by atoms with Crippen LogP contribution in [0.1, 0.15) is 43.5 Å². The van der Waals surface area contributed by atoms with Crippen molar-refractivity contribution in [1.82, 2.24) is 20.0 Å². The minimum atomic E-state index is -0.408. The highest BCUT2D eigenvalue weighted by Crippen LogP contribution is 2.44. The number of piperazine rings is 1. The van der Waals surface area contributed by atoms with Gasteiger partial charge in [-0.05, 0) is 69.5 Å². The van der Waals surface area contributed by atoms with Crippen LogP contribution in [0.3, 0.4) is 0 Å². The summed E-state index contributed by atoms with van der Waals surface area (Å²) < 4.78 is 5.65. The molecule has 9 heteroatoms. The molecule has 0 radical (unpaired) electrons. The smallest absolute Gasteiger partial charge is 0.253 e. The summed E-state index contributed by atoms with van der Waals surface area (Å²) in [5.74, 6) is 0.921. The topological polar surface area (TPSA) is 85.0 Å². The molecule has 4 heterocycles. The van der Waals surface area contributed by atoms with E-state index in [0.29, 0.717) is 44.3 Å². The first-order valence-electron chi connectivity index (χ1n) is 14.8. The number of methoxy groups -OCH3 is 1. The van der Waals surface area contributed by atoms with Crippen LogP contribution in [0.4, 0.5) is 11.4 Å². The highest BCUT2D eigenvalue weighted by Gasteiger charge is 2.49. The number of nitrogens with zero attached hydrogens (tertiary/aromatic N) is 5. The van der Waals surface area contributed by atoms with Crippen molar-refractivity contribution in [3.05, 3.63) is 60.4 Å². The molecular weight excluding hydrogens is 516 g/mol. The normalized spacial score (nSPS) is 19.4. The molecule has 1 N–H and O–H groups in total. The number of nitrogens with one attached hydrogen (secondary N) is 1. The van der Waals surface area contributed by atoms with Gasteiger partial charge in [-0.15, -0.1) is 0 Å². The van der Waals surface area contributed by atoms with Crippen LogP contribution in [0, 0.1) is 5.41 Å². The van der Waals surface area contributed by atoms with Gasteiger partial charge in [0, 0.05) is 92.2 Å². The zero-order chi connectivity index (χ0) is 28.6. The standard InChI is InChI=1S/C32H40N6O3/c1-23(2)35-16-18-36(19-17-35)26-6-4-24(5-7-26)30(39)37-13-10-32(11-14-37)12-15-38(31(32)40)27-8-9-28(29(20-27)41-3)25-21-33-34-22-25/h4-9,20-23H,10-19H2,1-3H3,(H,33,34). The number of ether oxygens (including phenoxy) is 1. The summed E-state index contributed by atoms with van der Waals surface area (Å²) >= 11 is 0. The van der Waals surface area contributed by atoms with Crippen molar-refractivity contribution >= 4 is 23.2 Å². The van der Waals surface area contributed by atoms with Crippen LogP contribution in [0.15, 0.2) is 54.9 Å². The number of hydrogen-bond acceptors (Lipinski definition) is 6. The van der Waals surface area contributed by atoms with E-state index >= 15 is 0 Å². The maximum atomic E-state index is 13.7. The van der Waals surface area contributed by atoms with Gasteiger partial charge in [0.15, 0.2) is 0 Å². The van der Waals surface area contributed by atoms with E-state index in [1.54, 1.807) is 13.3 Å². The molecule has 2 amide bonds. The van der Waals surface area contributed by atoms with Crippen molar-refractivity contribution in [2.24, 2.45) is 5.41 Å². The Morgan fingerprint density at radius 2 is 1.61 bits per heavy atom. The lowest BCUT2D eigenvalue weighted by Crippen LogP contribution is -2.48. The SMILES string of the molecule is COc1cc(N2CCC3(CCN(C(=O)c4ccc(N5CCN(C(C)C)CC5)cc4)CC3)C2=O)ccc1-c1cn[nH]c1. The minimum absolute atomic E-state index is 0.0536. The Balaban J connectivity index is 1.07. The number of carbonyl (C=O) groups is 2. The summed E-state index contributed by atoms with van der Waals surface area (Å²) in [4.78, 5) is 35.8. The number of H-pyrrole nitrogens is 1. The van der Waals surface area contributed by atoms with Crippen LogP contribution in [0.25, 0.3) is 11.1 Å². The first kappa shape index (κ1) is 27.3. The second-order valence-corrected chi connectivity index (χ2v) is 11.8. The van der Waals surface area contributed by atoms with Crippen molar-refractivity contribution in [2.45, 2.75) is 39.2 Å². The Bertz CT molecular complexity index is 1370. The van der Waals surface area contributed by atoms with Gasteiger partial charge in [-0.3, -0.25) is 19.6 Å². The molecule has 1 spiro atoms. The number of anilines is 2. The van der Waals surface area contributed by atoms with Gasteiger partial charge in [0.05, 0.1) is 18.7 Å². The number of piperidine rings is 1. The van der Waals surface area contributed by atoms with Crippen LogP contribution in [-0.2, 0) is 4.79 Å². The molecule has 9 nitrogen and oxygen atoms in total. The third kappa shape index (κ3) is 5.19. The molecule has 2 aromatic carbocycles. The molecule has 216 valence electrons.